The Bertz CT molecular complexity index is 777. The van der Waals surface area contributed by atoms with E-state index in [0.717, 1.165) is 37.3 Å². The Morgan fingerprint density at radius 2 is 2.12 bits per heavy atom. The Kier molecular flexibility index (Phi) is 5.50. The van der Waals surface area contributed by atoms with Crippen LogP contribution in [0.5, 0.6) is 5.75 Å². The van der Waals surface area contributed by atoms with E-state index in [-0.39, 0.29) is 17.6 Å². The number of H-pyrrole nitrogens is 1. The molecule has 0 saturated carbocycles. The molecule has 0 radical (unpaired) electrons. The minimum Gasteiger partial charge on any atom is -0.488 e. The van der Waals surface area contributed by atoms with E-state index in [1.54, 1.807) is 18.2 Å². The van der Waals surface area contributed by atoms with Crippen molar-refractivity contribution in [1.82, 2.24) is 4.98 Å². The van der Waals surface area contributed by atoms with E-state index in [4.69, 9.17) is 9.47 Å². The van der Waals surface area contributed by atoms with Gasteiger partial charge >= 0.3 is 0 Å². The van der Waals surface area contributed by atoms with Crippen molar-refractivity contribution in [3.63, 3.8) is 0 Å². The highest BCUT2D eigenvalue weighted by atomic mass is 16.5. The third-order valence-electron chi connectivity index (χ3n) is 3.98. The minimum absolute atomic E-state index is 0.0912. The van der Waals surface area contributed by atoms with Crippen molar-refractivity contribution >= 4 is 11.6 Å². The predicted octanol–water partition coefficient (Wildman–Crippen LogP) is 2.75. The van der Waals surface area contributed by atoms with Gasteiger partial charge in [-0.2, -0.15) is 0 Å². The zero-order valence-electron chi connectivity index (χ0n) is 14.2. The molecule has 1 fully saturated rings. The maximum atomic E-state index is 12.4. The van der Waals surface area contributed by atoms with Crippen LogP contribution in [0.15, 0.2) is 41.2 Å². The van der Waals surface area contributed by atoms with Crippen molar-refractivity contribution in [3.8, 4) is 5.75 Å². The summed E-state index contributed by atoms with van der Waals surface area (Å²) in [6, 6.07) is 10.2. The monoisotopic (exact) mass is 342 g/mol. The van der Waals surface area contributed by atoms with Gasteiger partial charge in [0.15, 0.2) is 0 Å². The van der Waals surface area contributed by atoms with Crippen molar-refractivity contribution < 1.29 is 14.3 Å². The molecule has 0 spiro atoms. The smallest absolute Gasteiger partial charge is 0.255 e. The predicted molar refractivity (Wildman–Crippen MR) is 95.3 cm³/mol. The van der Waals surface area contributed by atoms with Gasteiger partial charge < -0.3 is 19.8 Å². The number of rotatable bonds is 6. The molecule has 1 amide bonds. The lowest BCUT2D eigenvalue weighted by Crippen LogP contribution is -2.18. The van der Waals surface area contributed by atoms with Gasteiger partial charge in [0.2, 0.25) is 5.56 Å². The Morgan fingerprint density at radius 3 is 2.80 bits per heavy atom. The van der Waals surface area contributed by atoms with Crippen LogP contribution in [0.1, 0.15) is 35.8 Å². The molecule has 1 aliphatic rings. The molecule has 6 nitrogen and oxygen atoms in total. The first-order valence-corrected chi connectivity index (χ1v) is 8.53. The first kappa shape index (κ1) is 17.2. The zero-order chi connectivity index (χ0) is 17.6. The number of pyridine rings is 1. The second-order valence-corrected chi connectivity index (χ2v) is 6.09. The quantitative estimate of drug-likeness (QED) is 0.846. The second kappa shape index (κ2) is 7.98. The van der Waals surface area contributed by atoms with E-state index in [1.807, 2.05) is 19.1 Å². The number of benzene rings is 1. The molecule has 2 N–H and O–H groups in total. The van der Waals surface area contributed by atoms with Gasteiger partial charge in [0.25, 0.3) is 5.91 Å². The highest BCUT2D eigenvalue weighted by molar-refractivity contribution is 6.04. The largest absolute Gasteiger partial charge is 0.488 e. The summed E-state index contributed by atoms with van der Waals surface area (Å²) in [6.07, 6.45) is 2.61. The Hall–Kier alpha value is -2.60. The van der Waals surface area contributed by atoms with Gasteiger partial charge in [-0.3, -0.25) is 9.59 Å². The topological polar surface area (TPSA) is 80.4 Å². The fourth-order valence-electron chi connectivity index (χ4n) is 2.75. The fraction of sp³-hybridized carbons (Fsp3) is 0.368. The van der Waals surface area contributed by atoms with Crippen LogP contribution in [0, 0.1) is 0 Å². The van der Waals surface area contributed by atoms with E-state index in [0.29, 0.717) is 17.9 Å². The maximum absolute atomic E-state index is 12.4. The Balaban J connectivity index is 1.65. The van der Waals surface area contributed by atoms with Gasteiger partial charge in [0.1, 0.15) is 11.9 Å². The molecule has 132 valence electrons. The normalized spacial score (nSPS) is 16.6. The third kappa shape index (κ3) is 4.70. The number of anilines is 1. The average molecular weight is 342 g/mol. The van der Waals surface area contributed by atoms with Crippen molar-refractivity contribution in [2.24, 2.45) is 0 Å². The molecule has 2 aromatic rings. The van der Waals surface area contributed by atoms with Crippen LogP contribution in [0.25, 0.3) is 0 Å². The standard InChI is InChI=1S/C19H22N2O4/c1-2-3-15-10-13(11-18(22)20-15)19(23)21-14-4-6-16(7-5-14)25-17-8-9-24-12-17/h4-7,10-11,17H,2-3,8-9,12H2,1H3,(H,20,22)(H,21,23). The lowest BCUT2D eigenvalue weighted by molar-refractivity contribution is 0.102. The molecule has 1 atom stereocenters. The minimum atomic E-state index is -0.304. The number of amides is 1. The SMILES string of the molecule is CCCc1cc(C(=O)Nc2ccc(OC3CCOC3)cc2)cc(=O)[nH]1. The number of aryl methyl sites for hydroxylation is 1. The molecular formula is C19H22N2O4. The zero-order valence-corrected chi connectivity index (χ0v) is 14.2. The molecule has 1 unspecified atom stereocenters. The van der Waals surface area contributed by atoms with E-state index in [2.05, 4.69) is 10.3 Å². The summed E-state index contributed by atoms with van der Waals surface area (Å²) < 4.78 is 11.1. The highest BCUT2D eigenvalue weighted by Gasteiger charge is 2.17. The molecule has 3 rings (SSSR count). The molecule has 1 aromatic heterocycles. The van der Waals surface area contributed by atoms with Crippen LogP contribution in [0.4, 0.5) is 5.69 Å². The lowest BCUT2D eigenvalue weighted by atomic mass is 10.1. The van der Waals surface area contributed by atoms with E-state index in [1.165, 1.54) is 6.07 Å². The number of aromatic amines is 1. The van der Waals surface area contributed by atoms with Crippen LogP contribution in [-0.2, 0) is 11.2 Å². The van der Waals surface area contributed by atoms with Gasteiger partial charge in [-0.05, 0) is 36.8 Å². The van der Waals surface area contributed by atoms with Crippen LogP contribution in [0.3, 0.4) is 0 Å². The first-order valence-electron chi connectivity index (χ1n) is 8.53. The van der Waals surface area contributed by atoms with Gasteiger partial charge in [-0.15, -0.1) is 0 Å². The van der Waals surface area contributed by atoms with Gasteiger partial charge in [0, 0.05) is 29.4 Å². The molecule has 1 aromatic carbocycles. The van der Waals surface area contributed by atoms with Gasteiger partial charge in [-0.1, -0.05) is 13.3 Å². The number of hydrogen-bond donors (Lipinski definition) is 2. The summed E-state index contributed by atoms with van der Waals surface area (Å²) in [5.41, 5.74) is 1.51. The number of aromatic nitrogens is 1. The molecule has 0 bridgehead atoms. The van der Waals surface area contributed by atoms with Crippen molar-refractivity contribution in [3.05, 3.63) is 58.0 Å². The molecule has 1 saturated heterocycles. The Morgan fingerprint density at radius 1 is 1.32 bits per heavy atom. The average Bonchev–Trinajstić information content (AvgIpc) is 3.09. The van der Waals surface area contributed by atoms with E-state index < -0.39 is 0 Å². The summed E-state index contributed by atoms with van der Waals surface area (Å²) >= 11 is 0. The number of nitrogens with one attached hydrogen (secondary N) is 2. The van der Waals surface area contributed by atoms with Gasteiger partial charge in [0.05, 0.1) is 13.2 Å². The maximum Gasteiger partial charge on any atom is 0.255 e. The third-order valence-corrected chi connectivity index (χ3v) is 3.98. The first-order chi connectivity index (χ1) is 12.1. The summed E-state index contributed by atoms with van der Waals surface area (Å²) in [5.74, 6) is 0.441. The molecular weight excluding hydrogens is 320 g/mol. The molecule has 25 heavy (non-hydrogen) atoms. The van der Waals surface area contributed by atoms with Crippen LogP contribution in [0.2, 0.25) is 0 Å². The highest BCUT2D eigenvalue weighted by Crippen LogP contribution is 2.20. The van der Waals surface area contributed by atoms with Crippen molar-refractivity contribution in [2.75, 3.05) is 18.5 Å². The second-order valence-electron chi connectivity index (χ2n) is 6.09. The number of hydrogen-bond acceptors (Lipinski definition) is 4. The van der Waals surface area contributed by atoms with Crippen molar-refractivity contribution in [2.45, 2.75) is 32.3 Å². The lowest BCUT2D eigenvalue weighted by Gasteiger charge is -2.12. The fourth-order valence-corrected chi connectivity index (χ4v) is 2.75. The summed E-state index contributed by atoms with van der Waals surface area (Å²) in [4.78, 5) is 26.8. The number of ether oxygens (including phenoxy) is 2. The van der Waals surface area contributed by atoms with Crippen LogP contribution >= 0.6 is 0 Å². The Labute approximate surface area is 146 Å². The van der Waals surface area contributed by atoms with Crippen LogP contribution < -0.4 is 15.6 Å². The summed E-state index contributed by atoms with van der Waals surface area (Å²) in [6.45, 7) is 3.36. The van der Waals surface area contributed by atoms with E-state index in [9.17, 15) is 9.59 Å². The number of carbonyl (C=O) groups excluding carboxylic acids is 1. The molecule has 6 heteroatoms. The molecule has 2 heterocycles. The van der Waals surface area contributed by atoms with Crippen LogP contribution in [-0.4, -0.2) is 30.2 Å². The molecule has 0 aliphatic carbocycles. The van der Waals surface area contributed by atoms with Crippen molar-refractivity contribution in [1.29, 1.82) is 0 Å². The van der Waals surface area contributed by atoms with Gasteiger partial charge in [-0.25, -0.2) is 0 Å². The number of carbonyl (C=O) groups is 1. The van der Waals surface area contributed by atoms with E-state index >= 15 is 0 Å². The summed E-state index contributed by atoms with van der Waals surface area (Å²) in [5, 5.41) is 2.80. The summed E-state index contributed by atoms with van der Waals surface area (Å²) in [7, 11) is 0. The molecule has 1 aliphatic heterocycles.